The Morgan fingerprint density at radius 1 is 1.10 bits per heavy atom. The van der Waals surface area contributed by atoms with E-state index in [9.17, 15) is 9.59 Å². The Balaban J connectivity index is 1.53. The molecule has 2 amide bonds. The van der Waals surface area contributed by atoms with Crippen LogP contribution in [0.25, 0.3) is 10.8 Å². The summed E-state index contributed by atoms with van der Waals surface area (Å²) in [6.07, 6.45) is 0. The van der Waals surface area contributed by atoms with Gasteiger partial charge in [0.25, 0.3) is 11.8 Å². The van der Waals surface area contributed by atoms with Crippen LogP contribution in [-0.4, -0.2) is 37.8 Å². The third-order valence-corrected chi connectivity index (χ3v) is 4.95. The molecule has 0 spiro atoms. The van der Waals surface area contributed by atoms with Crippen molar-refractivity contribution in [1.29, 1.82) is 0 Å². The second-order valence-electron chi connectivity index (χ2n) is 6.83. The molecule has 0 fully saturated rings. The molecule has 1 heterocycles. The number of carbonyl (C=O) groups is 2. The first kappa shape index (κ1) is 19.4. The maximum Gasteiger partial charge on any atom is 0.265 e. The average molecular weight is 403 g/mol. The summed E-state index contributed by atoms with van der Waals surface area (Å²) >= 11 is 0. The lowest BCUT2D eigenvalue weighted by atomic mass is 10.0. The number of nitrogens with zero attached hydrogens (tertiary/aromatic N) is 2. The Bertz CT molecular complexity index is 1160. The smallest absolute Gasteiger partial charge is 0.265 e. The summed E-state index contributed by atoms with van der Waals surface area (Å²) in [6.45, 7) is 1.59. The first-order valence-corrected chi connectivity index (χ1v) is 9.50. The van der Waals surface area contributed by atoms with Crippen molar-refractivity contribution in [3.63, 3.8) is 0 Å². The molecule has 3 aromatic rings. The number of amides is 2. The lowest BCUT2D eigenvalue weighted by Crippen LogP contribution is -2.44. The van der Waals surface area contributed by atoms with Crippen LogP contribution >= 0.6 is 0 Å². The minimum Gasteiger partial charge on any atom is -0.496 e. The van der Waals surface area contributed by atoms with E-state index >= 15 is 0 Å². The number of benzene rings is 3. The Kier molecular flexibility index (Phi) is 5.34. The molecule has 4 rings (SSSR count). The lowest BCUT2D eigenvalue weighted by Gasteiger charge is -2.28. The van der Waals surface area contributed by atoms with Crippen LogP contribution in [0, 0.1) is 0 Å². The summed E-state index contributed by atoms with van der Waals surface area (Å²) in [5.41, 5.74) is 4.67. The van der Waals surface area contributed by atoms with Crippen LogP contribution < -0.4 is 19.8 Å². The fourth-order valence-corrected chi connectivity index (χ4v) is 3.48. The molecule has 0 radical (unpaired) electrons. The van der Waals surface area contributed by atoms with Crippen LogP contribution in [0.1, 0.15) is 12.5 Å². The van der Waals surface area contributed by atoms with E-state index in [2.05, 4.69) is 10.5 Å². The first-order chi connectivity index (χ1) is 14.6. The van der Waals surface area contributed by atoms with E-state index in [0.717, 1.165) is 22.1 Å². The molecule has 3 aromatic carbocycles. The molecule has 1 aliphatic heterocycles. The van der Waals surface area contributed by atoms with E-state index in [1.54, 1.807) is 25.3 Å². The number of para-hydroxylation sites is 2. The minimum absolute atomic E-state index is 0.0928. The van der Waals surface area contributed by atoms with Crippen LogP contribution in [0.2, 0.25) is 0 Å². The van der Waals surface area contributed by atoms with Crippen molar-refractivity contribution in [1.82, 2.24) is 5.43 Å². The molecule has 30 heavy (non-hydrogen) atoms. The maximum atomic E-state index is 12.5. The van der Waals surface area contributed by atoms with Gasteiger partial charge in [-0.3, -0.25) is 14.5 Å². The molecule has 0 saturated carbocycles. The molecular formula is C23H21N3O4. The summed E-state index contributed by atoms with van der Waals surface area (Å²) in [6, 6.07) is 18.8. The summed E-state index contributed by atoms with van der Waals surface area (Å²) in [4.78, 5) is 26.1. The van der Waals surface area contributed by atoms with Gasteiger partial charge in [0.2, 0.25) is 0 Å². The molecule has 0 bridgehead atoms. The average Bonchev–Trinajstić information content (AvgIpc) is 2.78. The molecule has 152 valence electrons. The minimum atomic E-state index is -0.391. The molecule has 0 atom stereocenters. The van der Waals surface area contributed by atoms with Gasteiger partial charge < -0.3 is 9.47 Å². The standard InChI is InChI=1S/C23H21N3O4/c1-15(16-11-12-20(29-2)18-8-4-3-7-17(16)18)24-25-22(27)13-26-19-9-5-6-10-21(19)30-14-23(26)28/h3-12H,13-14H2,1-2H3,(H,25,27)/b24-15-. The number of nitrogens with one attached hydrogen (secondary N) is 1. The van der Waals surface area contributed by atoms with Gasteiger partial charge in [0.1, 0.15) is 18.0 Å². The topological polar surface area (TPSA) is 80.2 Å². The largest absolute Gasteiger partial charge is 0.496 e. The number of ether oxygens (including phenoxy) is 2. The number of rotatable bonds is 5. The highest BCUT2D eigenvalue weighted by Crippen LogP contribution is 2.31. The van der Waals surface area contributed by atoms with Crippen molar-refractivity contribution in [3.8, 4) is 11.5 Å². The molecule has 7 nitrogen and oxygen atoms in total. The zero-order chi connectivity index (χ0) is 21.1. The second kappa shape index (κ2) is 8.24. The third kappa shape index (κ3) is 3.69. The van der Waals surface area contributed by atoms with Gasteiger partial charge in [0, 0.05) is 10.9 Å². The second-order valence-corrected chi connectivity index (χ2v) is 6.83. The molecule has 1 aliphatic rings. The van der Waals surface area contributed by atoms with Crippen LogP contribution in [0.4, 0.5) is 5.69 Å². The van der Waals surface area contributed by atoms with E-state index < -0.39 is 5.91 Å². The summed E-state index contributed by atoms with van der Waals surface area (Å²) in [7, 11) is 1.63. The Hall–Kier alpha value is -3.87. The summed E-state index contributed by atoms with van der Waals surface area (Å²) < 4.78 is 10.8. The molecule has 7 heteroatoms. The zero-order valence-electron chi connectivity index (χ0n) is 16.7. The number of hydrogen-bond acceptors (Lipinski definition) is 5. The van der Waals surface area contributed by atoms with Crippen molar-refractivity contribution < 1.29 is 19.1 Å². The predicted molar refractivity (Wildman–Crippen MR) is 115 cm³/mol. The van der Waals surface area contributed by atoms with Gasteiger partial charge in [-0.2, -0.15) is 5.10 Å². The number of hydrogen-bond donors (Lipinski definition) is 1. The van der Waals surface area contributed by atoms with Gasteiger partial charge in [-0.1, -0.05) is 36.4 Å². The number of methoxy groups -OCH3 is 1. The number of anilines is 1. The van der Waals surface area contributed by atoms with E-state index in [4.69, 9.17) is 9.47 Å². The highest BCUT2D eigenvalue weighted by Gasteiger charge is 2.26. The highest BCUT2D eigenvalue weighted by atomic mass is 16.5. The van der Waals surface area contributed by atoms with Crippen LogP contribution in [0.15, 0.2) is 65.8 Å². The normalized spacial score (nSPS) is 13.6. The first-order valence-electron chi connectivity index (χ1n) is 9.50. The lowest BCUT2D eigenvalue weighted by molar-refractivity contribution is -0.125. The Morgan fingerprint density at radius 2 is 1.83 bits per heavy atom. The molecule has 0 aromatic heterocycles. The van der Waals surface area contributed by atoms with E-state index in [1.165, 1.54) is 4.90 Å². The van der Waals surface area contributed by atoms with Crippen LogP contribution in [0.3, 0.4) is 0 Å². The molecular weight excluding hydrogens is 382 g/mol. The van der Waals surface area contributed by atoms with Gasteiger partial charge in [-0.05, 0) is 36.6 Å². The van der Waals surface area contributed by atoms with Gasteiger partial charge in [0.15, 0.2) is 6.61 Å². The van der Waals surface area contributed by atoms with Gasteiger partial charge >= 0.3 is 0 Å². The van der Waals surface area contributed by atoms with Gasteiger partial charge in [-0.15, -0.1) is 0 Å². The molecule has 1 N–H and O–H groups in total. The Morgan fingerprint density at radius 3 is 2.63 bits per heavy atom. The van der Waals surface area contributed by atoms with Gasteiger partial charge in [-0.25, -0.2) is 5.43 Å². The predicted octanol–water partition coefficient (Wildman–Crippen LogP) is 3.11. The quantitative estimate of drug-likeness (QED) is 0.524. The van der Waals surface area contributed by atoms with Crippen LogP contribution in [-0.2, 0) is 9.59 Å². The molecule has 0 saturated heterocycles. The summed E-state index contributed by atoms with van der Waals surface area (Å²) in [5.74, 6) is 0.688. The fraction of sp³-hybridized carbons (Fsp3) is 0.174. The van der Waals surface area contributed by atoms with Gasteiger partial charge in [0.05, 0.1) is 18.5 Å². The fourth-order valence-electron chi connectivity index (χ4n) is 3.48. The molecule has 0 aliphatic carbocycles. The molecule has 0 unspecified atom stereocenters. The third-order valence-electron chi connectivity index (χ3n) is 4.95. The summed E-state index contributed by atoms with van der Waals surface area (Å²) in [5, 5.41) is 6.20. The SMILES string of the molecule is COc1ccc(/C(C)=N\NC(=O)CN2C(=O)COc3ccccc32)c2ccccc12. The Labute approximate surface area is 173 Å². The van der Waals surface area contributed by atoms with E-state index in [-0.39, 0.29) is 19.1 Å². The van der Waals surface area contributed by atoms with Crippen LogP contribution in [0.5, 0.6) is 11.5 Å². The number of hydrazone groups is 1. The van der Waals surface area contributed by atoms with Crippen molar-refractivity contribution in [2.24, 2.45) is 5.10 Å². The van der Waals surface area contributed by atoms with Crippen molar-refractivity contribution >= 4 is 34.0 Å². The van der Waals surface area contributed by atoms with Crippen molar-refractivity contribution in [2.75, 3.05) is 25.2 Å². The zero-order valence-corrected chi connectivity index (χ0v) is 16.7. The monoisotopic (exact) mass is 403 g/mol. The maximum absolute atomic E-state index is 12.5. The van der Waals surface area contributed by atoms with E-state index in [1.807, 2.05) is 49.4 Å². The van der Waals surface area contributed by atoms with Crippen molar-refractivity contribution in [3.05, 3.63) is 66.2 Å². The highest BCUT2D eigenvalue weighted by molar-refractivity contribution is 6.11. The van der Waals surface area contributed by atoms with Crippen molar-refractivity contribution in [2.45, 2.75) is 6.92 Å². The number of fused-ring (bicyclic) bond motifs is 2. The number of carbonyl (C=O) groups excluding carboxylic acids is 2. The van der Waals surface area contributed by atoms with E-state index in [0.29, 0.717) is 17.1 Å².